The van der Waals surface area contributed by atoms with Gasteiger partial charge in [0, 0.05) is 6.92 Å². The molecule has 0 aromatic carbocycles. The highest BCUT2D eigenvalue weighted by molar-refractivity contribution is 5.77. The second-order valence-electron chi connectivity index (χ2n) is 2.88. The first-order valence-electron chi connectivity index (χ1n) is 4.24. The third kappa shape index (κ3) is 1.75. The summed E-state index contributed by atoms with van der Waals surface area (Å²) in [6.45, 7) is 1.58. The maximum absolute atomic E-state index is 10.9. The van der Waals surface area contributed by atoms with Crippen LogP contribution < -0.4 is 15.9 Å². The Morgan fingerprint density at radius 2 is 2.62 bits per heavy atom. The first kappa shape index (κ1) is 9.89. The number of nitrogens with zero attached hydrogens (tertiary/aromatic N) is 5. The summed E-state index contributed by atoms with van der Waals surface area (Å²) in [6, 6.07) is 0. The normalized spacial score (nSPS) is 11.1. The highest BCUT2D eigenvalue weighted by Gasteiger charge is 2.11. The molecule has 0 aliphatic heterocycles. The van der Waals surface area contributed by atoms with E-state index < -0.39 is 0 Å². The van der Waals surface area contributed by atoms with Gasteiger partial charge in [0.05, 0.1) is 0 Å². The highest BCUT2D eigenvalue weighted by atomic mass is 16.7. The Morgan fingerprint density at radius 3 is 3.19 bits per heavy atom. The van der Waals surface area contributed by atoms with Crippen LogP contribution in [0.3, 0.4) is 0 Å². The number of nitrogens with one attached hydrogen (secondary N) is 2. The van der Waals surface area contributed by atoms with Crippen LogP contribution in [0.25, 0.3) is 0 Å². The third-order valence-corrected chi connectivity index (χ3v) is 1.83. The van der Waals surface area contributed by atoms with Gasteiger partial charge in [-0.25, -0.2) is 10.1 Å². The van der Waals surface area contributed by atoms with Crippen molar-refractivity contribution in [1.82, 2.24) is 20.0 Å². The molecular weight excluding hydrogens is 216 g/mol. The molecule has 10 heteroatoms. The second kappa shape index (κ2) is 3.84. The van der Waals surface area contributed by atoms with E-state index in [1.165, 1.54) is 12.5 Å². The van der Waals surface area contributed by atoms with Crippen molar-refractivity contribution < 1.29 is 9.23 Å². The Labute approximate surface area is 88.3 Å². The lowest BCUT2D eigenvalue weighted by Crippen LogP contribution is -2.13. The molecule has 2 heterocycles. The molecule has 0 unspecified atom stereocenters. The SMILES string of the molecule is Cc1c(/C=N/Nc2nncn2N)[nH]o[n+]1=O. The zero-order valence-corrected chi connectivity index (χ0v) is 8.28. The Kier molecular flexibility index (Phi) is 2.37. The number of rotatable bonds is 3. The van der Waals surface area contributed by atoms with Crippen molar-refractivity contribution in [1.29, 1.82) is 0 Å². The Hall–Kier alpha value is -2.65. The molecule has 0 fully saturated rings. The van der Waals surface area contributed by atoms with E-state index in [2.05, 4.69) is 30.5 Å². The molecule has 0 saturated heterocycles. The summed E-state index contributed by atoms with van der Waals surface area (Å²) in [4.78, 5) is 10.9. The Morgan fingerprint density at radius 1 is 1.81 bits per heavy atom. The zero-order valence-electron chi connectivity index (χ0n) is 8.28. The predicted octanol–water partition coefficient (Wildman–Crippen LogP) is -1.42. The lowest BCUT2D eigenvalue weighted by Gasteiger charge is -1.95. The van der Waals surface area contributed by atoms with E-state index in [1.807, 2.05) is 0 Å². The van der Waals surface area contributed by atoms with Gasteiger partial charge in [0.1, 0.15) is 12.5 Å². The number of anilines is 1. The maximum atomic E-state index is 10.9. The molecule has 10 nitrogen and oxygen atoms in total. The van der Waals surface area contributed by atoms with E-state index in [0.29, 0.717) is 16.0 Å². The van der Waals surface area contributed by atoms with Crippen molar-refractivity contribution in [2.24, 2.45) is 5.10 Å². The van der Waals surface area contributed by atoms with Gasteiger partial charge in [-0.3, -0.25) is 0 Å². The summed E-state index contributed by atoms with van der Waals surface area (Å²) < 4.78 is 5.97. The molecule has 0 bridgehead atoms. The number of hydrazone groups is 1. The lowest BCUT2D eigenvalue weighted by atomic mass is 10.4. The van der Waals surface area contributed by atoms with Crippen molar-refractivity contribution in [3.8, 4) is 0 Å². The van der Waals surface area contributed by atoms with Crippen LogP contribution in [0.4, 0.5) is 5.95 Å². The van der Waals surface area contributed by atoms with Crippen LogP contribution in [-0.2, 0) is 0 Å². The molecule has 2 rings (SSSR count). The monoisotopic (exact) mass is 225 g/mol. The molecule has 0 radical (unpaired) electrons. The molecule has 4 N–H and O–H groups in total. The van der Waals surface area contributed by atoms with E-state index in [1.54, 1.807) is 6.92 Å². The fraction of sp³-hybridized carbons (Fsp3) is 0.167. The van der Waals surface area contributed by atoms with Gasteiger partial charge in [-0.2, -0.15) is 5.10 Å². The van der Waals surface area contributed by atoms with Gasteiger partial charge in [0.25, 0.3) is 5.95 Å². The molecule has 0 aliphatic rings. The molecule has 0 atom stereocenters. The number of H-pyrrole nitrogens is 1. The Bertz CT molecular complexity index is 563. The molecule has 2 aromatic heterocycles. The predicted molar refractivity (Wildman–Crippen MR) is 52.6 cm³/mol. The van der Waals surface area contributed by atoms with Gasteiger partial charge in [-0.05, 0) is 4.91 Å². The molecule has 0 amide bonds. The Balaban J connectivity index is 2.09. The molecule has 84 valence electrons. The maximum Gasteiger partial charge on any atom is 0.263 e. The average molecular weight is 225 g/mol. The average Bonchev–Trinajstić information content (AvgIpc) is 2.80. The van der Waals surface area contributed by atoms with E-state index in [9.17, 15) is 4.91 Å². The van der Waals surface area contributed by atoms with E-state index in [-0.39, 0.29) is 5.95 Å². The van der Waals surface area contributed by atoms with Crippen LogP contribution in [0, 0.1) is 11.8 Å². The summed E-state index contributed by atoms with van der Waals surface area (Å²) in [7, 11) is 0. The van der Waals surface area contributed by atoms with Gasteiger partial charge in [-0.1, -0.05) is 9.79 Å². The van der Waals surface area contributed by atoms with Gasteiger partial charge in [0.15, 0.2) is 4.60 Å². The van der Waals surface area contributed by atoms with Crippen molar-refractivity contribution in [3.05, 3.63) is 22.6 Å². The van der Waals surface area contributed by atoms with Crippen LogP contribution in [0.2, 0.25) is 0 Å². The lowest BCUT2D eigenvalue weighted by molar-refractivity contribution is -0.718. The van der Waals surface area contributed by atoms with Crippen LogP contribution >= 0.6 is 0 Å². The largest absolute Gasteiger partial charge is 0.335 e. The molecule has 0 spiro atoms. The minimum absolute atomic E-state index is 0.271. The molecule has 16 heavy (non-hydrogen) atoms. The zero-order chi connectivity index (χ0) is 11.5. The number of nitrogens with two attached hydrogens (primary N) is 1. The summed E-state index contributed by atoms with van der Waals surface area (Å²) in [5, 5.41) is 13.4. The van der Waals surface area contributed by atoms with Gasteiger partial charge >= 0.3 is 0 Å². The van der Waals surface area contributed by atoms with E-state index >= 15 is 0 Å². The minimum atomic E-state index is 0.271. The molecule has 2 aromatic rings. The van der Waals surface area contributed by atoms with Crippen molar-refractivity contribution in [2.45, 2.75) is 6.92 Å². The number of aromatic nitrogens is 5. The van der Waals surface area contributed by atoms with Crippen molar-refractivity contribution >= 4 is 12.2 Å². The van der Waals surface area contributed by atoms with E-state index in [4.69, 9.17) is 5.84 Å². The van der Waals surface area contributed by atoms with Crippen LogP contribution in [0.5, 0.6) is 0 Å². The van der Waals surface area contributed by atoms with Crippen molar-refractivity contribution in [3.63, 3.8) is 0 Å². The number of hydrogen-bond donors (Lipinski definition) is 3. The van der Waals surface area contributed by atoms with Gasteiger partial charge < -0.3 is 5.84 Å². The third-order valence-electron chi connectivity index (χ3n) is 1.83. The molecule has 0 saturated carbocycles. The topological polar surface area (TPSA) is 133 Å². The van der Waals surface area contributed by atoms with Crippen molar-refractivity contribution in [2.75, 3.05) is 11.3 Å². The quantitative estimate of drug-likeness (QED) is 0.333. The van der Waals surface area contributed by atoms with Gasteiger partial charge in [0.2, 0.25) is 11.4 Å². The second-order valence-corrected chi connectivity index (χ2v) is 2.88. The van der Waals surface area contributed by atoms with Crippen LogP contribution in [-0.4, -0.2) is 26.2 Å². The fourth-order valence-electron chi connectivity index (χ4n) is 0.928. The summed E-state index contributed by atoms with van der Waals surface area (Å²) in [6.07, 6.45) is 2.68. The number of hydrogen-bond acceptors (Lipinski definition) is 7. The van der Waals surface area contributed by atoms with E-state index in [0.717, 1.165) is 4.68 Å². The molecule has 0 aliphatic carbocycles. The smallest absolute Gasteiger partial charge is 0.263 e. The van der Waals surface area contributed by atoms with Crippen LogP contribution in [0.1, 0.15) is 11.4 Å². The van der Waals surface area contributed by atoms with Crippen LogP contribution in [0.15, 0.2) is 16.1 Å². The summed E-state index contributed by atoms with van der Waals surface area (Å²) in [5.74, 6) is 5.70. The standard InChI is InChI=1S/C6H9N8O2/c1-4-5(12-16-14(4)15)2-8-10-6-11-9-3-13(6)7/h2-3,12H,7H2,1H3,(H,10,11)/q+1/b8-2+. The summed E-state index contributed by atoms with van der Waals surface area (Å²) >= 11 is 0. The summed E-state index contributed by atoms with van der Waals surface area (Å²) in [5.41, 5.74) is 3.34. The molecular formula is C6H9N8O2+. The first-order chi connectivity index (χ1) is 7.68. The minimum Gasteiger partial charge on any atom is -0.335 e. The number of aromatic amines is 1. The fourth-order valence-corrected chi connectivity index (χ4v) is 0.928. The number of nitrogen functional groups attached to an aromatic ring is 1. The highest BCUT2D eigenvalue weighted by Crippen LogP contribution is 1.96. The van der Waals surface area contributed by atoms with Gasteiger partial charge in [-0.15, -0.1) is 10.2 Å². The first-order valence-corrected chi connectivity index (χ1v) is 4.24.